The Hall–Kier alpha value is -3.76. The van der Waals surface area contributed by atoms with E-state index in [0.717, 1.165) is 59.4 Å². The number of nitrogens with zero attached hydrogens (tertiary/aromatic N) is 1. The topological polar surface area (TPSA) is 109 Å². The van der Waals surface area contributed by atoms with Crippen molar-refractivity contribution in [3.8, 4) is 11.1 Å². The van der Waals surface area contributed by atoms with Crippen molar-refractivity contribution >= 4 is 12.0 Å². The van der Waals surface area contributed by atoms with Crippen LogP contribution >= 0.6 is 0 Å². The Morgan fingerprint density at radius 3 is 2.00 bits per heavy atom. The van der Waals surface area contributed by atoms with Crippen molar-refractivity contribution in [3.63, 3.8) is 0 Å². The van der Waals surface area contributed by atoms with E-state index < -0.39 is 18.3 Å². The van der Waals surface area contributed by atoms with Gasteiger partial charge in [0.25, 0.3) is 0 Å². The highest BCUT2D eigenvalue weighted by Crippen LogP contribution is 2.39. The Balaban J connectivity index is 1.44. The number of ether oxygens (including phenoxy) is 3. The Morgan fingerprint density at radius 1 is 0.727 bits per heavy atom. The van der Waals surface area contributed by atoms with Crippen LogP contribution < -0.4 is 10.6 Å². The average molecular weight is 758 g/mol. The predicted octanol–water partition coefficient (Wildman–Crippen LogP) is 9.78. The summed E-state index contributed by atoms with van der Waals surface area (Å²) in [7, 11) is 0. The number of rotatable bonds is 25. The van der Waals surface area contributed by atoms with Gasteiger partial charge in [-0.2, -0.15) is 0 Å². The smallest absolute Gasteiger partial charge is 0.325 e. The van der Waals surface area contributed by atoms with E-state index >= 15 is 0 Å². The molecule has 3 aromatic rings. The fraction of sp³-hybridized carbons (Fsp3) is 0.565. The van der Waals surface area contributed by atoms with Crippen LogP contribution in [0.1, 0.15) is 139 Å². The van der Waals surface area contributed by atoms with Crippen LogP contribution in [0, 0.1) is 0 Å². The van der Waals surface area contributed by atoms with Gasteiger partial charge in [0.1, 0.15) is 6.54 Å². The molecule has 0 bridgehead atoms. The molecule has 2 amide bonds. The molecule has 0 spiro atoms. The van der Waals surface area contributed by atoms with E-state index in [2.05, 4.69) is 77.9 Å². The van der Waals surface area contributed by atoms with Gasteiger partial charge in [-0.3, -0.25) is 4.79 Å². The molecule has 0 radical (unpaired) electrons. The molecule has 1 saturated heterocycles. The summed E-state index contributed by atoms with van der Waals surface area (Å²) in [6.07, 6.45) is 15.6. The van der Waals surface area contributed by atoms with Gasteiger partial charge in [-0.1, -0.05) is 145 Å². The van der Waals surface area contributed by atoms with Gasteiger partial charge in [0.05, 0.1) is 25.4 Å². The van der Waals surface area contributed by atoms with Crippen LogP contribution in [0.25, 0.3) is 11.1 Å². The highest BCUT2D eigenvalue weighted by Gasteiger charge is 2.33. The minimum atomic E-state index is -0.510. The second kappa shape index (κ2) is 25.4. The van der Waals surface area contributed by atoms with Crippen LogP contribution in [0.3, 0.4) is 0 Å². The lowest BCUT2D eigenvalue weighted by Crippen LogP contribution is -2.40. The molecule has 0 saturated carbocycles. The summed E-state index contributed by atoms with van der Waals surface area (Å²) in [4.78, 5) is 26.4. The third-order valence-corrected chi connectivity index (χ3v) is 10.3. The number of esters is 1. The van der Waals surface area contributed by atoms with Gasteiger partial charge < -0.3 is 34.9 Å². The van der Waals surface area contributed by atoms with Gasteiger partial charge >= 0.3 is 12.0 Å². The predicted molar refractivity (Wildman–Crippen MR) is 220 cm³/mol. The summed E-state index contributed by atoms with van der Waals surface area (Å²) < 4.78 is 18.4. The van der Waals surface area contributed by atoms with Crippen LogP contribution in [-0.2, 0) is 32.2 Å². The zero-order chi connectivity index (χ0) is 39.1. The number of carbonyl (C=O) groups is 2. The number of aliphatic hydroxyl groups is 1. The van der Waals surface area contributed by atoms with Crippen LogP contribution in [0.4, 0.5) is 4.79 Å². The second-order valence-electron chi connectivity index (χ2n) is 14.8. The molecule has 1 fully saturated rings. The van der Waals surface area contributed by atoms with Gasteiger partial charge in [0.2, 0.25) is 0 Å². The molecule has 1 aliphatic heterocycles. The average Bonchev–Trinajstić information content (AvgIpc) is 3.22. The van der Waals surface area contributed by atoms with Crippen LogP contribution in [0.2, 0.25) is 0 Å². The molecule has 4 rings (SSSR count). The first kappa shape index (κ1) is 44.0. The van der Waals surface area contributed by atoms with Crippen molar-refractivity contribution < 1.29 is 28.9 Å². The molecular formula is C46H67N3O6. The zero-order valence-corrected chi connectivity index (χ0v) is 33.7. The SMILES string of the molecule is CCCCCCCCN(CCCCCCCC)CC1CC(c2ccc(CO)cc2)OC(c2ccc(-c3cccc(CNC(=O)NCC(=O)OCC)c3)cc2)O1. The Morgan fingerprint density at radius 2 is 1.36 bits per heavy atom. The van der Waals surface area contributed by atoms with Crippen molar-refractivity contribution in [2.45, 2.75) is 136 Å². The lowest BCUT2D eigenvalue weighted by Gasteiger charge is -2.38. The monoisotopic (exact) mass is 758 g/mol. The number of amides is 2. The van der Waals surface area contributed by atoms with E-state index in [1.54, 1.807) is 6.92 Å². The van der Waals surface area contributed by atoms with Gasteiger partial charge in [0.15, 0.2) is 6.29 Å². The number of benzene rings is 3. The van der Waals surface area contributed by atoms with E-state index in [4.69, 9.17) is 14.2 Å². The summed E-state index contributed by atoms with van der Waals surface area (Å²) in [5.41, 5.74) is 5.98. The number of unbranched alkanes of at least 4 members (excludes halogenated alkanes) is 10. The van der Waals surface area contributed by atoms with Crippen molar-refractivity contribution in [2.75, 3.05) is 32.8 Å². The quantitative estimate of drug-likeness (QED) is 0.0583. The molecule has 55 heavy (non-hydrogen) atoms. The maximum absolute atomic E-state index is 12.2. The second-order valence-corrected chi connectivity index (χ2v) is 14.8. The number of urea groups is 1. The van der Waals surface area contributed by atoms with Crippen LogP contribution in [0.15, 0.2) is 72.8 Å². The standard InChI is InChI=1S/C46H67N3O6/c1-4-7-9-11-13-15-28-49(29-16-14-12-10-8-5-2)34-42-31-43(39-22-20-36(35-50)21-23-39)55-45(54-42)40-26-24-38(25-27-40)41-19-17-18-37(30-41)32-47-46(52)48-33-44(51)53-6-3/h17-27,30,42-43,45,50H,4-16,28-29,31-35H2,1-3H3,(H2,47,48,52). The van der Waals surface area contributed by atoms with Crippen molar-refractivity contribution in [3.05, 3.63) is 95.1 Å². The molecule has 0 aliphatic carbocycles. The molecule has 3 aromatic carbocycles. The number of hydrogen-bond acceptors (Lipinski definition) is 7. The molecule has 1 heterocycles. The zero-order valence-electron chi connectivity index (χ0n) is 33.7. The molecule has 3 N–H and O–H groups in total. The summed E-state index contributed by atoms with van der Waals surface area (Å²) in [6.45, 7) is 9.80. The van der Waals surface area contributed by atoms with Crippen molar-refractivity contribution in [1.29, 1.82) is 0 Å². The highest BCUT2D eigenvalue weighted by molar-refractivity contribution is 5.80. The van der Waals surface area contributed by atoms with E-state index in [0.29, 0.717) is 6.54 Å². The van der Waals surface area contributed by atoms with E-state index in [1.165, 1.54) is 77.0 Å². The summed E-state index contributed by atoms with van der Waals surface area (Å²) in [5, 5.41) is 15.0. The van der Waals surface area contributed by atoms with Gasteiger partial charge in [0, 0.05) is 25.1 Å². The third-order valence-electron chi connectivity index (χ3n) is 10.3. The molecule has 1 aliphatic rings. The summed E-state index contributed by atoms with van der Waals surface area (Å²) in [6, 6.07) is 24.1. The number of nitrogens with one attached hydrogen (secondary N) is 2. The molecule has 9 heteroatoms. The lowest BCUT2D eigenvalue weighted by molar-refractivity contribution is -0.253. The largest absolute Gasteiger partial charge is 0.465 e. The van der Waals surface area contributed by atoms with Crippen molar-refractivity contribution in [1.82, 2.24) is 15.5 Å². The van der Waals surface area contributed by atoms with E-state index in [9.17, 15) is 14.7 Å². The maximum Gasteiger partial charge on any atom is 0.325 e. The lowest BCUT2D eigenvalue weighted by atomic mass is 9.98. The Bertz CT molecular complexity index is 1500. The summed E-state index contributed by atoms with van der Waals surface area (Å²) >= 11 is 0. The number of carbonyl (C=O) groups excluding carboxylic acids is 2. The third kappa shape index (κ3) is 16.1. The van der Waals surface area contributed by atoms with Gasteiger partial charge in [-0.25, -0.2) is 4.79 Å². The minimum absolute atomic E-state index is 0.0137. The molecular weight excluding hydrogens is 691 g/mol. The molecule has 9 nitrogen and oxygen atoms in total. The Kier molecular flexibility index (Phi) is 20.3. The highest BCUT2D eigenvalue weighted by atomic mass is 16.7. The first-order valence-electron chi connectivity index (χ1n) is 21.0. The van der Waals surface area contributed by atoms with Gasteiger partial charge in [-0.05, 0) is 66.7 Å². The first-order chi connectivity index (χ1) is 26.9. The minimum Gasteiger partial charge on any atom is -0.465 e. The van der Waals surface area contributed by atoms with E-state index in [-0.39, 0.29) is 32.0 Å². The Labute approximate surface area is 330 Å². The van der Waals surface area contributed by atoms with Crippen LogP contribution in [0.5, 0.6) is 0 Å². The molecule has 302 valence electrons. The summed E-state index contributed by atoms with van der Waals surface area (Å²) in [5.74, 6) is -0.469. The fourth-order valence-corrected chi connectivity index (χ4v) is 7.15. The number of hydrogen-bond donors (Lipinski definition) is 3. The molecule has 3 atom stereocenters. The molecule has 3 unspecified atom stereocenters. The fourth-order valence-electron chi connectivity index (χ4n) is 7.15. The normalized spacial score (nSPS) is 16.9. The number of aliphatic hydroxyl groups excluding tert-OH is 1. The van der Waals surface area contributed by atoms with Crippen LogP contribution in [-0.4, -0.2) is 60.9 Å². The van der Waals surface area contributed by atoms with E-state index in [1.807, 2.05) is 24.3 Å². The van der Waals surface area contributed by atoms with Crippen molar-refractivity contribution in [2.24, 2.45) is 0 Å². The maximum atomic E-state index is 12.2. The van der Waals surface area contributed by atoms with Gasteiger partial charge in [-0.15, -0.1) is 0 Å². The first-order valence-corrected chi connectivity index (χ1v) is 21.0. The molecule has 0 aromatic heterocycles.